The Labute approximate surface area is 223 Å². The summed E-state index contributed by atoms with van der Waals surface area (Å²) in [6.07, 6.45) is 3.13. The molecular formula is C24H31N7O6S. The van der Waals surface area contributed by atoms with Crippen molar-refractivity contribution in [3.05, 3.63) is 54.2 Å². The second-order valence-corrected chi connectivity index (χ2v) is 9.19. The number of benzene rings is 1. The quantitative estimate of drug-likeness (QED) is 0.119. The molecule has 0 radical (unpaired) electrons. The lowest BCUT2D eigenvalue weighted by atomic mass is 10.0. The largest absolute Gasteiger partial charge is 0.480 e. The molecule has 0 fully saturated rings. The van der Waals surface area contributed by atoms with Gasteiger partial charge < -0.3 is 41.9 Å². The second kappa shape index (κ2) is 13.1. The number of nitrogens with two attached hydrogens (primary N) is 1. The van der Waals surface area contributed by atoms with Gasteiger partial charge in [-0.3, -0.25) is 14.4 Å². The number of hydrogen-bond acceptors (Lipinski definition) is 8. The monoisotopic (exact) mass is 545 g/mol. The van der Waals surface area contributed by atoms with Crippen LogP contribution in [0.1, 0.15) is 18.2 Å². The first-order valence-electron chi connectivity index (χ1n) is 11.8. The number of H-pyrrole nitrogens is 2. The number of carboxylic acid groups (broad SMARTS) is 1. The summed E-state index contributed by atoms with van der Waals surface area (Å²) in [5.74, 6) is -3.59. The van der Waals surface area contributed by atoms with Gasteiger partial charge in [-0.15, -0.1) is 0 Å². The number of imidazole rings is 1. The summed E-state index contributed by atoms with van der Waals surface area (Å²) in [6, 6.07) is 2.36. The number of para-hydroxylation sites is 1. The Balaban J connectivity index is 1.78. The van der Waals surface area contributed by atoms with E-state index in [1.807, 2.05) is 24.3 Å². The van der Waals surface area contributed by atoms with Crippen molar-refractivity contribution >= 4 is 47.2 Å². The number of carbonyl (C=O) groups excluding carboxylic acids is 3. The molecule has 5 atom stereocenters. The molecule has 3 amide bonds. The first kappa shape index (κ1) is 28.7. The van der Waals surface area contributed by atoms with Crippen LogP contribution in [-0.4, -0.2) is 84.9 Å². The minimum Gasteiger partial charge on any atom is -0.480 e. The van der Waals surface area contributed by atoms with Crippen LogP contribution >= 0.6 is 12.6 Å². The average molecular weight is 546 g/mol. The number of carbonyl (C=O) groups is 4. The van der Waals surface area contributed by atoms with Gasteiger partial charge in [0.2, 0.25) is 17.7 Å². The Morgan fingerprint density at radius 1 is 1.03 bits per heavy atom. The number of hydrogen-bond donors (Lipinski definition) is 9. The lowest BCUT2D eigenvalue weighted by Gasteiger charge is -2.26. The molecule has 9 N–H and O–H groups in total. The van der Waals surface area contributed by atoms with Crippen LogP contribution in [0.4, 0.5) is 0 Å². The molecule has 2 aromatic heterocycles. The number of nitrogens with one attached hydrogen (secondary N) is 5. The van der Waals surface area contributed by atoms with Crippen LogP contribution in [0.2, 0.25) is 0 Å². The Hall–Kier alpha value is -3.88. The summed E-state index contributed by atoms with van der Waals surface area (Å²) in [5.41, 5.74) is 7.65. The zero-order chi connectivity index (χ0) is 27.8. The molecule has 0 spiro atoms. The predicted molar refractivity (Wildman–Crippen MR) is 141 cm³/mol. The van der Waals surface area contributed by atoms with E-state index < -0.39 is 54.0 Å². The Morgan fingerprint density at radius 2 is 1.74 bits per heavy atom. The van der Waals surface area contributed by atoms with E-state index in [-0.39, 0.29) is 18.6 Å². The third-order valence-corrected chi connectivity index (χ3v) is 6.31. The van der Waals surface area contributed by atoms with Crippen molar-refractivity contribution in [1.29, 1.82) is 0 Å². The van der Waals surface area contributed by atoms with Crippen LogP contribution in [0.5, 0.6) is 0 Å². The van der Waals surface area contributed by atoms with Crippen molar-refractivity contribution in [3.63, 3.8) is 0 Å². The van der Waals surface area contributed by atoms with Gasteiger partial charge >= 0.3 is 5.97 Å². The summed E-state index contributed by atoms with van der Waals surface area (Å²) in [5, 5.41) is 28.1. The van der Waals surface area contributed by atoms with Gasteiger partial charge in [-0.25, -0.2) is 9.78 Å². The maximum Gasteiger partial charge on any atom is 0.326 e. The van der Waals surface area contributed by atoms with E-state index in [9.17, 15) is 29.4 Å². The molecule has 0 saturated carbocycles. The number of carboxylic acids is 1. The Morgan fingerprint density at radius 3 is 2.37 bits per heavy atom. The fourth-order valence-electron chi connectivity index (χ4n) is 3.83. The highest BCUT2D eigenvalue weighted by atomic mass is 32.1. The van der Waals surface area contributed by atoms with Gasteiger partial charge in [0.15, 0.2) is 0 Å². The Kier molecular flexibility index (Phi) is 9.87. The van der Waals surface area contributed by atoms with Gasteiger partial charge in [-0.1, -0.05) is 18.2 Å². The minimum atomic E-state index is -1.42. The molecule has 0 aliphatic rings. The highest BCUT2D eigenvalue weighted by Gasteiger charge is 2.33. The number of aliphatic carboxylic acids is 1. The number of nitrogens with zero attached hydrogens (tertiary/aromatic N) is 1. The number of thiol groups is 1. The molecule has 2 heterocycles. The summed E-state index contributed by atoms with van der Waals surface area (Å²) in [4.78, 5) is 60.3. The van der Waals surface area contributed by atoms with E-state index in [0.717, 1.165) is 10.9 Å². The molecule has 3 rings (SSSR count). The number of aromatic nitrogens is 3. The van der Waals surface area contributed by atoms with Crippen molar-refractivity contribution < 1.29 is 29.4 Å². The van der Waals surface area contributed by atoms with Crippen molar-refractivity contribution in [1.82, 2.24) is 30.9 Å². The minimum absolute atomic E-state index is 0.0101. The standard InChI is InChI=1S/C24H31N7O6S/c1-12(32)20(31-21(33)16(25)10-38)23(35)29-18(7-14-9-26-11-28-14)22(34)30-19(24(36)37)6-13-8-27-17-5-3-2-4-15(13)17/h2-5,8-9,11-12,16,18-20,27,32,38H,6-7,10,25H2,1H3,(H,26,28)(H,29,35)(H,30,34)(H,31,33)(H,36,37). The molecule has 0 aliphatic heterocycles. The first-order chi connectivity index (χ1) is 18.1. The molecule has 204 valence electrons. The highest BCUT2D eigenvalue weighted by molar-refractivity contribution is 7.80. The molecule has 14 heteroatoms. The van der Waals surface area contributed by atoms with Gasteiger partial charge in [0.25, 0.3) is 0 Å². The lowest BCUT2D eigenvalue weighted by molar-refractivity contribution is -0.142. The lowest BCUT2D eigenvalue weighted by Crippen LogP contribution is -2.60. The fraction of sp³-hybridized carbons (Fsp3) is 0.375. The smallest absolute Gasteiger partial charge is 0.326 e. The number of aliphatic hydroxyl groups is 1. The summed E-state index contributed by atoms with van der Waals surface area (Å²) in [6.45, 7) is 1.29. The highest BCUT2D eigenvalue weighted by Crippen LogP contribution is 2.19. The van der Waals surface area contributed by atoms with Gasteiger partial charge in [0, 0.05) is 47.6 Å². The maximum absolute atomic E-state index is 13.3. The van der Waals surface area contributed by atoms with E-state index in [2.05, 4.69) is 43.5 Å². The van der Waals surface area contributed by atoms with Gasteiger partial charge in [-0.2, -0.15) is 12.6 Å². The predicted octanol–water partition coefficient (Wildman–Crippen LogP) is -1.15. The van der Waals surface area contributed by atoms with Gasteiger partial charge in [0.1, 0.15) is 18.1 Å². The van der Waals surface area contributed by atoms with Crippen LogP contribution < -0.4 is 21.7 Å². The Bertz CT molecular complexity index is 1260. The SMILES string of the molecule is CC(O)C(NC(=O)C(N)CS)C(=O)NC(Cc1cnc[nH]1)C(=O)NC(Cc1c[nH]c2ccccc12)C(=O)O. The topological polar surface area (TPSA) is 215 Å². The molecule has 13 nitrogen and oxygen atoms in total. The zero-order valence-corrected chi connectivity index (χ0v) is 21.4. The van der Waals surface area contributed by atoms with Crippen LogP contribution in [-0.2, 0) is 32.0 Å². The van der Waals surface area contributed by atoms with Crippen LogP contribution in [0, 0.1) is 0 Å². The summed E-state index contributed by atoms with van der Waals surface area (Å²) >= 11 is 3.95. The third-order valence-electron chi connectivity index (χ3n) is 5.92. The number of amides is 3. The number of rotatable bonds is 13. The first-order valence-corrected chi connectivity index (χ1v) is 12.4. The third kappa shape index (κ3) is 7.34. The average Bonchev–Trinajstić information content (AvgIpc) is 3.55. The van der Waals surface area contributed by atoms with Crippen LogP contribution in [0.3, 0.4) is 0 Å². The molecule has 0 saturated heterocycles. The number of fused-ring (bicyclic) bond motifs is 1. The second-order valence-electron chi connectivity index (χ2n) is 8.82. The molecule has 0 bridgehead atoms. The van der Waals surface area contributed by atoms with Crippen molar-refractivity contribution in [2.75, 3.05) is 5.75 Å². The van der Waals surface area contributed by atoms with Crippen molar-refractivity contribution in [3.8, 4) is 0 Å². The summed E-state index contributed by atoms with van der Waals surface area (Å²) < 4.78 is 0. The fourth-order valence-corrected chi connectivity index (χ4v) is 3.99. The van der Waals surface area contributed by atoms with Gasteiger partial charge in [0.05, 0.1) is 18.5 Å². The summed E-state index contributed by atoms with van der Waals surface area (Å²) in [7, 11) is 0. The van der Waals surface area contributed by atoms with E-state index >= 15 is 0 Å². The number of aliphatic hydroxyl groups excluding tert-OH is 1. The molecule has 3 aromatic rings. The maximum atomic E-state index is 13.3. The molecular weight excluding hydrogens is 514 g/mol. The van der Waals surface area contributed by atoms with Gasteiger partial charge in [-0.05, 0) is 18.6 Å². The van der Waals surface area contributed by atoms with Crippen LogP contribution in [0.25, 0.3) is 10.9 Å². The van der Waals surface area contributed by atoms with E-state index in [1.165, 1.54) is 19.4 Å². The zero-order valence-electron chi connectivity index (χ0n) is 20.5. The van der Waals surface area contributed by atoms with Crippen molar-refractivity contribution in [2.24, 2.45) is 5.73 Å². The van der Waals surface area contributed by atoms with E-state index in [1.54, 1.807) is 6.20 Å². The van der Waals surface area contributed by atoms with Crippen LogP contribution in [0.15, 0.2) is 43.0 Å². The molecule has 1 aromatic carbocycles. The van der Waals surface area contributed by atoms with E-state index in [4.69, 9.17) is 5.73 Å². The number of aromatic amines is 2. The molecule has 0 aliphatic carbocycles. The van der Waals surface area contributed by atoms with E-state index in [0.29, 0.717) is 11.3 Å². The normalized spacial score (nSPS) is 15.2. The molecule has 38 heavy (non-hydrogen) atoms. The molecule has 5 unspecified atom stereocenters. The van der Waals surface area contributed by atoms with Crippen molar-refractivity contribution in [2.45, 2.75) is 50.0 Å².